The van der Waals surface area contributed by atoms with Crippen molar-refractivity contribution in [3.63, 3.8) is 0 Å². The molecule has 3 nitrogen and oxygen atoms in total. The summed E-state index contributed by atoms with van der Waals surface area (Å²) in [6, 6.07) is 8.79. The standard InChI is InChI=1S/C17H24N2O/c20-17(19-9-2-1-3-10-19)13-18-12-14-5-4-6-16(11-14)15-7-8-15/h4-6,11,15,18H,1-3,7-10,12-13H2. The van der Waals surface area contributed by atoms with E-state index in [-0.39, 0.29) is 5.91 Å². The maximum Gasteiger partial charge on any atom is 0.236 e. The summed E-state index contributed by atoms with van der Waals surface area (Å²) in [6.07, 6.45) is 6.27. The Morgan fingerprint density at radius 3 is 2.75 bits per heavy atom. The summed E-state index contributed by atoms with van der Waals surface area (Å²) in [5, 5.41) is 3.29. The van der Waals surface area contributed by atoms with Gasteiger partial charge in [-0.15, -0.1) is 0 Å². The lowest BCUT2D eigenvalue weighted by Gasteiger charge is -2.26. The predicted octanol–water partition coefficient (Wildman–Crippen LogP) is 2.67. The molecule has 0 bridgehead atoms. The van der Waals surface area contributed by atoms with Crippen LogP contribution in [-0.2, 0) is 11.3 Å². The minimum Gasteiger partial charge on any atom is -0.342 e. The Kier molecular flexibility index (Phi) is 4.36. The maximum absolute atomic E-state index is 12.0. The van der Waals surface area contributed by atoms with Crippen LogP contribution in [0.1, 0.15) is 49.1 Å². The van der Waals surface area contributed by atoms with Crippen molar-refractivity contribution in [2.24, 2.45) is 0 Å². The first-order valence-electron chi connectivity index (χ1n) is 7.90. The van der Waals surface area contributed by atoms with Crippen molar-refractivity contribution >= 4 is 5.91 Å². The van der Waals surface area contributed by atoms with Gasteiger partial charge in [-0.3, -0.25) is 4.79 Å². The monoisotopic (exact) mass is 272 g/mol. The third-order valence-electron chi connectivity index (χ3n) is 4.31. The van der Waals surface area contributed by atoms with Gasteiger partial charge < -0.3 is 10.2 Å². The van der Waals surface area contributed by atoms with E-state index >= 15 is 0 Å². The first-order valence-corrected chi connectivity index (χ1v) is 7.90. The highest BCUT2D eigenvalue weighted by Crippen LogP contribution is 2.40. The van der Waals surface area contributed by atoms with Crippen molar-refractivity contribution in [1.82, 2.24) is 10.2 Å². The van der Waals surface area contributed by atoms with E-state index < -0.39 is 0 Å². The minimum atomic E-state index is 0.253. The molecule has 20 heavy (non-hydrogen) atoms. The number of piperidine rings is 1. The van der Waals surface area contributed by atoms with Gasteiger partial charge in [0, 0.05) is 19.6 Å². The lowest BCUT2D eigenvalue weighted by molar-refractivity contribution is -0.131. The van der Waals surface area contributed by atoms with Gasteiger partial charge in [-0.1, -0.05) is 24.3 Å². The summed E-state index contributed by atoms with van der Waals surface area (Å²) < 4.78 is 0. The molecule has 0 spiro atoms. The summed E-state index contributed by atoms with van der Waals surface area (Å²) >= 11 is 0. The number of rotatable bonds is 5. The average molecular weight is 272 g/mol. The van der Waals surface area contributed by atoms with Crippen LogP contribution in [0.4, 0.5) is 0 Å². The Morgan fingerprint density at radius 2 is 2.00 bits per heavy atom. The van der Waals surface area contributed by atoms with Crippen LogP contribution in [0.5, 0.6) is 0 Å². The van der Waals surface area contributed by atoms with Crippen molar-refractivity contribution in [1.29, 1.82) is 0 Å². The molecular formula is C17H24N2O. The molecule has 1 aliphatic carbocycles. The highest BCUT2D eigenvalue weighted by molar-refractivity contribution is 5.78. The van der Waals surface area contributed by atoms with Gasteiger partial charge in [0.2, 0.25) is 5.91 Å². The van der Waals surface area contributed by atoms with Crippen LogP contribution in [0, 0.1) is 0 Å². The quantitative estimate of drug-likeness (QED) is 0.894. The van der Waals surface area contributed by atoms with Crippen LogP contribution < -0.4 is 5.32 Å². The van der Waals surface area contributed by atoms with Gasteiger partial charge in [0.15, 0.2) is 0 Å². The largest absolute Gasteiger partial charge is 0.342 e. The predicted molar refractivity (Wildman–Crippen MR) is 80.6 cm³/mol. The van der Waals surface area contributed by atoms with E-state index in [4.69, 9.17) is 0 Å². The number of benzene rings is 1. The third-order valence-corrected chi connectivity index (χ3v) is 4.31. The van der Waals surface area contributed by atoms with Gasteiger partial charge in [0.05, 0.1) is 6.54 Å². The molecule has 1 N–H and O–H groups in total. The third kappa shape index (κ3) is 3.60. The van der Waals surface area contributed by atoms with E-state index in [0.717, 1.165) is 38.4 Å². The Hall–Kier alpha value is -1.35. The van der Waals surface area contributed by atoms with Crippen molar-refractivity contribution in [2.45, 2.75) is 44.6 Å². The molecule has 1 amide bonds. The van der Waals surface area contributed by atoms with Gasteiger partial charge in [-0.2, -0.15) is 0 Å². The zero-order chi connectivity index (χ0) is 13.8. The number of likely N-dealkylation sites (tertiary alicyclic amines) is 1. The van der Waals surface area contributed by atoms with Crippen LogP contribution in [0.3, 0.4) is 0 Å². The van der Waals surface area contributed by atoms with E-state index in [1.807, 2.05) is 4.90 Å². The molecule has 1 aromatic carbocycles. The molecule has 0 aromatic heterocycles. The molecule has 3 heteroatoms. The molecule has 3 rings (SSSR count). The second-order valence-electron chi connectivity index (χ2n) is 6.06. The normalized spacial score (nSPS) is 19.1. The first kappa shape index (κ1) is 13.6. The fraction of sp³-hybridized carbons (Fsp3) is 0.588. The second kappa shape index (κ2) is 6.40. The molecule has 1 saturated heterocycles. The Morgan fingerprint density at radius 1 is 1.20 bits per heavy atom. The lowest BCUT2D eigenvalue weighted by atomic mass is 10.1. The van der Waals surface area contributed by atoms with Crippen molar-refractivity contribution in [3.8, 4) is 0 Å². The Balaban J connectivity index is 1.44. The summed E-state index contributed by atoms with van der Waals surface area (Å²) in [4.78, 5) is 14.0. The van der Waals surface area contributed by atoms with Crippen LogP contribution in [-0.4, -0.2) is 30.4 Å². The molecule has 0 radical (unpaired) electrons. The molecule has 1 aromatic rings. The van der Waals surface area contributed by atoms with E-state index in [9.17, 15) is 4.79 Å². The molecular weight excluding hydrogens is 248 g/mol. The average Bonchev–Trinajstić information content (AvgIpc) is 3.33. The fourth-order valence-corrected chi connectivity index (χ4v) is 2.94. The van der Waals surface area contributed by atoms with E-state index in [1.165, 1.54) is 30.4 Å². The molecule has 2 fully saturated rings. The zero-order valence-corrected chi connectivity index (χ0v) is 12.1. The topological polar surface area (TPSA) is 32.3 Å². The fourth-order valence-electron chi connectivity index (χ4n) is 2.94. The number of carbonyl (C=O) groups excluding carboxylic acids is 1. The van der Waals surface area contributed by atoms with Crippen LogP contribution in [0.25, 0.3) is 0 Å². The van der Waals surface area contributed by atoms with Gasteiger partial charge >= 0.3 is 0 Å². The Bertz CT molecular complexity index is 462. The summed E-state index contributed by atoms with van der Waals surface area (Å²) in [5.41, 5.74) is 2.76. The molecule has 1 heterocycles. The van der Waals surface area contributed by atoms with E-state index in [2.05, 4.69) is 29.6 Å². The van der Waals surface area contributed by atoms with Gasteiger partial charge in [0.25, 0.3) is 0 Å². The van der Waals surface area contributed by atoms with Crippen LogP contribution >= 0.6 is 0 Å². The SMILES string of the molecule is O=C(CNCc1cccc(C2CC2)c1)N1CCCCC1. The summed E-state index contributed by atoms with van der Waals surface area (Å²) in [6.45, 7) is 3.14. The maximum atomic E-state index is 12.0. The van der Waals surface area contributed by atoms with Gasteiger partial charge in [-0.25, -0.2) is 0 Å². The first-order chi connectivity index (χ1) is 9.83. The summed E-state index contributed by atoms with van der Waals surface area (Å²) in [5.74, 6) is 1.05. The second-order valence-corrected chi connectivity index (χ2v) is 6.06. The zero-order valence-electron chi connectivity index (χ0n) is 12.1. The summed E-state index contributed by atoms with van der Waals surface area (Å²) in [7, 11) is 0. The molecule has 1 aliphatic heterocycles. The van der Waals surface area contributed by atoms with Crippen LogP contribution in [0.2, 0.25) is 0 Å². The number of nitrogens with one attached hydrogen (secondary N) is 1. The molecule has 0 unspecified atom stereocenters. The highest BCUT2D eigenvalue weighted by atomic mass is 16.2. The van der Waals surface area contributed by atoms with Crippen LogP contribution in [0.15, 0.2) is 24.3 Å². The number of hydrogen-bond acceptors (Lipinski definition) is 2. The molecule has 1 saturated carbocycles. The van der Waals surface area contributed by atoms with E-state index in [0.29, 0.717) is 6.54 Å². The highest BCUT2D eigenvalue weighted by Gasteiger charge is 2.23. The number of hydrogen-bond donors (Lipinski definition) is 1. The Labute approximate surface area is 121 Å². The van der Waals surface area contributed by atoms with Gasteiger partial charge in [-0.05, 0) is 49.1 Å². The number of carbonyl (C=O) groups is 1. The van der Waals surface area contributed by atoms with Gasteiger partial charge in [0.1, 0.15) is 0 Å². The molecule has 0 atom stereocenters. The molecule has 2 aliphatic rings. The van der Waals surface area contributed by atoms with E-state index in [1.54, 1.807) is 0 Å². The van der Waals surface area contributed by atoms with Crippen molar-refractivity contribution < 1.29 is 4.79 Å². The minimum absolute atomic E-state index is 0.253. The van der Waals surface area contributed by atoms with Crippen molar-refractivity contribution in [2.75, 3.05) is 19.6 Å². The smallest absolute Gasteiger partial charge is 0.236 e. The molecule has 108 valence electrons. The number of amides is 1. The number of nitrogens with zero attached hydrogens (tertiary/aromatic N) is 1. The van der Waals surface area contributed by atoms with Crippen molar-refractivity contribution in [3.05, 3.63) is 35.4 Å². The lowest BCUT2D eigenvalue weighted by Crippen LogP contribution is -2.40.